The van der Waals surface area contributed by atoms with Gasteiger partial charge >= 0.3 is 0 Å². The zero-order chi connectivity index (χ0) is 17.8. The van der Waals surface area contributed by atoms with Crippen molar-refractivity contribution in [1.82, 2.24) is 15.1 Å². The smallest absolute Gasteiger partial charge is 0.224 e. The van der Waals surface area contributed by atoms with Crippen LogP contribution in [0.3, 0.4) is 0 Å². The van der Waals surface area contributed by atoms with Crippen LogP contribution in [0.25, 0.3) is 0 Å². The van der Waals surface area contributed by atoms with E-state index in [2.05, 4.69) is 29.5 Å². The molecule has 1 N–H and O–H groups in total. The molecule has 1 aromatic carbocycles. The van der Waals surface area contributed by atoms with E-state index in [4.69, 9.17) is 4.74 Å². The molecule has 2 heterocycles. The molecule has 5 heteroatoms. The minimum atomic E-state index is 0.0895. The van der Waals surface area contributed by atoms with Crippen molar-refractivity contribution >= 4 is 5.91 Å². The summed E-state index contributed by atoms with van der Waals surface area (Å²) in [5.74, 6) is 0.0895. The van der Waals surface area contributed by atoms with Crippen molar-refractivity contribution in [3.63, 3.8) is 0 Å². The number of fused-ring (bicyclic) bond motifs is 1. The molecule has 134 valence electrons. The van der Waals surface area contributed by atoms with Crippen molar-refractivity contribution in [2.24, 2.45) is 7.05 Å². The van der Waals surface area contributed by atoms with Crippen LogP contribution in [-0.2, 0) is 42.4 Å². The molecule has 0 radical (unpaired) electrons. The van der Waals surface area contributed by atoms with Gasteiger partial charge in [-0.3, -0.25) is 9.48 Å². The molecule has 1 amide bonds. The van der Waals surface area contributed by atoms with E-state index >= 15 is 0 Å². The summed E-state index contributed by atoms with van der Waals surface area (Å²) in [7, 11) is 1.97. The van der Waals surface area contributed by atoms with Gasteiger partial charge in [-0.15, -0.1) is 0 Å². The largest absolute Gasteiger partial charge is 0.376 e. The third-order valence-electron chi connectivity index (χ3n) is 4.99. The first-order valence-electron chi connectivity index (χ1n) is 8.99. The first-order chi connectivity index (χ1) is 12.0. The summed E-state index contributed by atoms with van der Waals surface area (Å²) in [6.07, 6.45) is 3.26. The van der Waals surface area contributed by atoms with Crippen molar-refractivity contribution in [2.45, 2.75) is 46.1 Å². The Kier molecular flexibility index (Phi) is 5.53. The van der Waals surface area contributed by atoms with Gasteiger partial charge in [-0.2, -0.15) is 5.10 Å². The summed E-state index contributed by atoms with van der Waals surface area (Å²) in [6, 6.07) is 6.28. The Balaban J connectivity index is 1.45. The molecule has 0 fully saturated rings. The number of benzene rings is 1. The summed E-state index contributed by atoms with van der Waals surface area (Å²) < 4.78 is 7.37. The van der Waals surface area contributed by atoms with Gasteiger partial charge < -0.3 is 10.1 Å². The maximum absolute atomic E-state index is 12.2. The first kappa shape index (κ1) is 17.7. The van der Waals surface area contributed by atoms with E-state index in [9.17, 15) is 4.79 Å². The Hall–Kier alpha value is -2.14. The highest BCUT2D eigenvalue weighted by molar-refractivity contribution is 5.78. The Morgan fingerprint density at radius 2 is 2.16 bits per heavy atom. The van der Waals surface area contributed by atoms with Crippen molar-refractivity contribution < 1.29 is 9.53 Å². The number of amides is 1. The SMILES string of the molecule is Cc1nn(C)c(C)c1CCCNC(=O)Cc1ccc2c(c1)CCOC2. The van der Waals surface area contributed by atoms with E-state index in [0.717, 1.165) is 37.1 Å². The van der Waals surface area contributed by atoms with Gasteiger partial charge in [0.25, 0.3) is 0 Å². The van der Waals surface area contributed by atoms with E-state index < -0.39 is 0 Å². The number of aromatic nitrogens is 2. The molecule has 5 nitrogen and oxygen atoms in total. The minimum absolute atomic E-state index is 0.0895. The van der Waals surface area contributed by atoms with E-state index in [0.29, 0.717) is 19.6 Å². The average Bonchev–Trinajstić information content (AvgIpc) is 2.84. The maximum Gasteiger partial charge on any atom is 0.224 e. The number of nitrogens with zero attached hydrogens (tertiary/aromatic N) is 2. The highest BCUT2D eigenvalue weighted by atomic mass is 16.5. The molecule has 0 aliphatic carbocycles. The summed E-state index contributed by atoms with van der Waals surface area (Å²) in [4.78, 5) is 12.2. The quantitative estimate of drug-likeness (QED) is 0.821. The minimum Gasteiger partial charge on any atom is -0.376 e. The third kappa shape index (κ3) is 4.28. The molecule has 0 saturated carbocycles. The van der Waals surface area contributed by atoms with Gasteiger partial charge in [0.2, 0.25) is 5.91 Å². The number of rotatable bonds is 6. The fraction of sp³-hybridized carbons (Fsp3) is 0.500. The zero-order valence-electron chi connectivity index (χ0n) is 15.4. The number of carbonyl (C=O) groups is 1. The highest BCUT2D eigenvalue weighted by Crippen LogP contribution is 2.18. The van der Waals surface area contributed by atoms with E-state index in [1.165, 1.54) is 22.4 Å². The van der Waals surface area contributed by atoms with Crippen LogP contribution in [-0.4, -0.2) is 28.8 Å². The van der Waals surface area contributed by atoms with Gasteiger partial charge in [0.1, 0.15) is 0 Å². The molecule has 25 heavy (non-hydrogen) atoms. The predicted octanol–water partition coefficient (Wildman–Crippen LogP) is 2.40. The molecule has 0 saturated heterocycles. The molecule has 0 bridgehead atoms. The zero-order valence-corrected chi connectivity index (χ0v) is 15.4. The molecule has 1 aliphatic heterocycles. The van der Waals surface area contributed by atoms with E-state index in [1.807, 2.05) is 24.7 Å². The monoisotopic (exact) mass is 341 g/mol. The van der Waals surface area contributed by atoms with Crippen LogP contribution in [0.15, 0.2) is 18.2 Å². The molecule has 3 rings (SSSR count). The molecular formula is C20H27N3O2. The molecular weight excluding hydrogens is 314 g/mol. The van der Waals surface area contributed by atoms with E-state index in [-0.39, 0.29) is 5.91 Å². The van der Waals surface area contributed by atoms with Crippen LogP contribution in [0.1, 0.15) is 40.1 Å². The fourth-order valence-corrected chi connectivity index (χ4v) is 3.45. The Bertz CT molecular complexity index is 765. The molecule has 2 aromatic rings. The number of hydrogen-bond acceptors (Lipinski definition) is 3. The Labute approximate surface area is 149 Å². The van der Waals surface area contributed by atoms with Crippen LogP contribution in [0, 0.1) is 13.8 Å². The lowest BCUT2D eigenvalue weighted by Crippen LogP contribution is -2.26. The summed E-state index contributed by atoms with van der Waals surface area (Å²) in [5.41, 5.74) is 7.24. The van der Waals surface area contributed by atoms with Gasteiger partial charge in [-0.05, 0) is 55.4 Å². The normalized spacial score (nSPS) is 13.6. The second-order valence-electron chi connectivity index (χ2n) is 6.81. The van der Waals surface area contributed by atoms with Gasteiger partial charge in [-0.25, -0.2) is 0 Å². The van der Waals surface area contributed by atoms with Gasteiger partial charge in [-0.1, -0.05) is 18.2 Å². The van der Waals surface area contributed by atoms with Crippen LogP contribution >= 0.6 is 0 Å². The number of carbonyl (C=O) groups excluding carboxylic acids is 1. The van der Waals surface area contributed by atoms with Crippen molar-refractivity contribution in [1.29, 1.82) is 0 Å². The van der Waals surface area contributed by atoms with Gasteiger partial charge in [0.05, 0.1) is 25.3 Å². The Morgan fingerprint density at radius 3 is 2.92 bits per heavy atom. The highest BCUT2D eigenvalue weighted by Gasteiger charge is 2.12. The van der Waals surface area contributed by atoms with Crippen LogP contribution in [0.2, 0.25) is 0 Å². The second kappa shape index (κ2) is 7.83. The van der Waals surface area contributed by atoms with Crippen LogP contribution in [0.4, 0.5) is 0 Å². The van der Waals surface area contributed by atoms with Crippen molar-refractivity contribution in [3.05, 3.63) is 51.8 Å². The lowest BCUT2D eigenvalue weighted by molar-refractivity contribution is -0.120. The van der Waals surface area contributed by atoms with Crippen molar-refractivity contribution in [2.75, 3.05) is 13.2 Å². The molecule has 1 aromatic heterocycles. The third-order valence-corrected chi connectivity index (χ3v) is 4.99. The maximum atomic E-state index is 12.2. The van der Waals surface area contributed by atoms with E-state index in [1.54, 1.807) is 0 Å². The fourth-order valence-electron chi connectivity index (χ4n) is 3.45. The average molecular weight is 341 g/mol. The number of ether oxygens (including phenoxy) is 1. The molecule has 0 atom stereocenters. The molecule has 0 unspecified atom stereocenters. The summed E-state index contributed by atoms with van der Waals surface area (Å²) in [5, 5.41) is 7.47. The molecule has 0 spiro atoms. The second-order valence-corrected chi connectivity index (χ2v) is 6.81. The summed E-state index contributed by atoms with van der Waals surface area (Å²) in [6.45, 7) is 6.30. The lowest BCUT2D eigenvalue weighted by Gasteiger charge is -2.17. The number of nitrogens with one attached hydrogen (secondary N) is 1. The topological polar surface area (TPSA) is 56.2 Å². The summed E-state index contributed by atoms with van der Waals surface area (Å²) >= 11 is 0. The lowest BCUT2D eigenvalue weighted by atomic mass is 9.99. The van der Waals surface area contributed by atoms with Crippen LogP contribution < -0.4 is 5.32 Å². The van der Waals surface area contributed by atoms with Gasteiger partial charge in [0, 0.05) is 19.3 Å². The number of aryl methyl sites for hydroxylation is 2. The predicted molar refractivity (Wildman–Crippen MR) is 97.5 cm³/mol. The number of hydrogen-bond donors (Lipinski definition) is 1. The van der Waals surface area contributed by atoms with Crippen LogP contribution in [0.5, 0.6) is 0 Å². The first-order valence-corrected chi connectivity index (χ1v) is 8.99. The van der Waals surface area contributed by atoms with Crippen molar-refractivity contribution in [3.8, 4) is 0 Å². The molecule has 1 aliphatic rings. The van der Waals surface area contributed by atoms with Gasteiger partial charge in [0.15, 0.2) is 0 Å². The Morgan fingerprint density at radius 1 is 1.32 bits per heavy atom. The standard InChI is InChI=1S/C20H27N3O2/c1-14-19(15(2)23(3)22-14)5-4-9-21-20(24)12-16-6-7-18-13-25-10-8-17(18)11-16/h6-7,11H,4-5,8-10,12-13H2,1-3H3,(H,21,24).